The van der Waals surface area contributed by atoms with Crippen molar-refractivity contribution in [3.05, 3.63) is 26.3 Å². The first kappa shape index (κ1) is 15.7. The van der Waals surface area contributed by atoms with E-state index >= 15 is 0 Å². The fraction of sp³-hybridized carbons (Fsp3) is 0.333. The summed E-state index contributed by atoms with van der Waals surface area (Å²) in [7, 11) is 0. The lowest BCUT2D eigenvalue weighted by Crippen LogP contribution is -1.92. The van der Waals surface area contributed by atoms with E-state index in [1.807, 2.05) is 0 Å². The Morgan fingerprint density at radius 1 is 1.00 bits per heavy atom. The lowest BCUT2D eigenvalue weighted by molar-refractivity contribution is -0.0228. The van der Waals surface area contributed by atoms with E-state index in [0.29, 0.717) is 0 Å². The molecule has 2 N–H and O–H groups in total. The summed E-state index contributed by atoms with van der Waals surface area (Å²) in [5.41, 5.74) is 0. The Labute approximate surface area is 50.8 Å². The zero-order valence-electron chi connectivity index (χ0n) is 5.30. The van der Waals surface area contributed by atoms with Crippen molar-refractivity contribution in [1.82, 2.24) is 0 Å². The van der Waals surface area contributed by atoms with E-state index in [2.05, 4.69) is 26.3 Å². The largest absolute Gasteiger partial charge is 0.368 e. The molecule has 0 radical (unpaired) electrons. The van der Waals surface area contributed by atoms with Gasteiger partial charge in [-0.3, -0.25) is 0 Å². The van der Waals surface area contributed by atoms with Crippen LogP contribution < -0.4 is 0 Å². The van der Waals surface area contributed by atoms with Gasteiger partial charge in [-0.25, -0.2) is 0 Å². The van der Waals surface area contributed by atoms with Gasteiger partial charge in [-0.1, -0.05) is 0 Å². The van der Waals surface area contributed by atoms with Gasteiger partial charge in [0.25, 0.3) is 0 Å². The summed E-state index contributed by atoms with van der Waals surface area (Å²) in [6.45, 7) is 13.3. The highest BCUT2D eigenvalue weighted by molar-refractivity contribution is 4.22. The summed E-state index contributed by atoms with van der Waals surface area (Å²) < 4.78 is 0. The summed E-state index contributed by atoms with van der Waals surface area (Å²) in [5.74, 6) is 0. The van der Waals surface area contributed by atoms with E-state index in [0.717, 1.165) is 0 Å². The third-order valence-electron chi connectivity index (χ3n) is 0. The van der Waals surface area contributed by atoms with Gasteiger partial charge < -0.3 is 10.2 Å². The fourth-order valence-electron chi connectivity index (χ4n) is 0. The van der Waals surface area contributed by atoms with Crippen LogP contribution in [0, 0.1) is 0 Å². The Morgan fingerprint density at radius 2 is 1.00 bits per heavy atom. The molecular formula is C6H14O2. The summed E-state index contributed by atoms with van der Waals surface area (Å²) in [5, 5.41) is 15.2. The second-order valence-electron chi connectivity index (χ2n) is 0.632. The Balaban J connectivity index is -0.0000000542. The summed E-state index contributed by atoms with van der Waals surface area (Å²) >= 11 is 0. The molecule has 8 heavy (non-hydrogen) atoms. The van der Waals surface area contributed by atoms with Gasteiger partial charge in [-0.05, 0) is 6.92 Å². The molecule has 0 atom stereocenters. The number of aliphatic hydroxyl groups is 2. The van der Waals surface area contributed by atoms with Crippen molar-refractivity contribution in [3.63, 3.8) is 0 Å². The summed E-state index contributed by atoms with van der Waals surface area (Å²) in [4.78, 5) is 0. The average Bonchev–Trinajstić information content (AvgIpc) is 1.75. The van der Waals surface area contributed by atoms with Gasteiger partial charge in [0, 0.05) is 0 Å². The molecule has 0 aromatic carbocycles. The molecule has 0 rings (SSSR count). The quantitative estimate of drug-likeness (QED) is 0.367. The monoisotopic (exact) mass is 118 g/mol. The van der Waals surface area contributed by atoms with Crippen LogP contribution in [0.3, 0.4) is 0 Å². The van der Waals surface area contributed by atoms with Crippen molar-refractivity contribution in [1.29, 1.82) is 0 Å². The van der Waals surface area contributed by atoms with Crippen LogP contribution in [0.2, 0.25) is 0 Å². The van der Waals surface area contributed by atoms with E-state index in [-0.39, 0.29) is 0 Å². The van der Waals surface area contributed by atoms with Gasteiger partial charge in [-0.2, -0.15) is 0 Å². The van der Waals surface area contributed by atoms with Crippen molar-refractivity contribution in [2.45, 2.75) is 13.2 Å². The van der Waals surface area contributed by atoms with E-state index < -0.39 is 6.29 Å². The number of rotatable bonds is 0. The molecule has 0 aliphatic carbocycles. The van der Waals surface area contributed by atoms with E-state index in [1.165, 1.54) is 6.92 Å². The predicted octanol–water partition coefficient (Wildman–Crippen LogP) is 0.921. The van der Waals surface area contributed by atoms with Crippen molar-refractivity contribution in [2.24, 2.45) is 0 Å². The molecular weight excluding hydrogens is 104 g/mol. The maximum Gasteiger partial charge on any atom is 0.148 e. The molecule has 0 aliphatic rings. The molecule has 0 saturated carbocycles. The summed E-state index contributed by atoms with van der Waals surface area (Å²) in [6.07, 6.45) is -1.17. The van der Waals surface area contributed by atoms with Gasteiger partial charge in [0.2, 0.25) is 0 Å². The van der Waals surface area contributed by atoms with Gasteiger partial charge in [0.15, 0.2) is 0 Å². The van der Waals surface area contributed by atoms with Crippen LogP contribution in [-0.4, -0.2) is 16.5 Å². The van der Waals surface area contributed by atoms with E-state index in [4.69, 9.17) is 10.2 Å². The molecule has 0 spiro atoms. The molecule has 0 aromatic rings. The molecule has 0 saturated heterocycles. The van der Waals surface area contributed by atoms with Crippen LogP contribution in [-0.2, 0) is 0 Å². The number of aliphatic hydroxyl groups excluding tert-OH is 1. The van der Waals surface area contributed by atoms with Crippen molar-refractivity contribution >= 4 is 0 Å². The molecule has 0 aliphatic heterocycles. The molecule has 0 bridgehead atoms. The van der Waals surface area contributed by atoms with Gasteiger partial charge in [0.1, 0.15) is 6.29 Å². The maximum absolute atomic E-state index is 7.61. The van der Waals surface area contributed by atoms with Crippen LogP contribution in [0.5, 0.6) is 0 Å². The first-order chi connectivity index (χ1) is 3.73. The Morgan fingerprint density at radius 3 is 1.00 bits per heavy atom. The van der Waals surface area contributed by atoms with Gasteiger partial charge in [0.05, 0.1) is 0 Å². The highest BCUT2D eigenvalue weighted by Gasteiger charge is 1.70. The zero-order valence-corrected chi connectivity index (χ0v) is 5.30. The van der Waals surface area contributed by atoms with Gasteiger partial charge >= 0.3 is 0 Å². The molecule has 0 amide bonds. The highest BCUT2D eigenvalue weighted by Crippen LogP contribution is 1.57. The van der Waals surface area contributed by atoms with Gasteiger partial charge in [-0.15, -0.1) is 26.3 Å². The van der Waals surface area contributed by atoms with Crippen LogP contribution in [0.25, 0.3) is 0 Å². The first-order valence-electron chi connectivity index (χ1n) is 2.09. The molecule has 2 nitrogen and oxygen atoms in total. The van der Waals surface area contributed by atoms with Crippen molar-refractivity contribution in [3.8, 4) is 0 Å². The molecule has 0 unspecified atom stereocenters. The van der Waals surface area contributed by atoms with Crippen LogP contribution >= 0.6 is 0 Å². The third-order valence-corrected chi connectivity index (χ3v) is 0. The van der Waals surface area contributed by atoms with Crippen molar-refractivity contribution in [2.75, 3.05) is 0 Å². The van der Waals surface area contributed by atoms with E-state index in [9.17, 15) is 0 Å². The topological polar surface area (TPSA) is 40.5 Å². The third kappa shape index (κ3) is 290. The van der Waals surface area contributed by atoms with Crippen LogP contribution in [0.15, 0.2) is 26.3 Å². The smallest absolute Gasteiger partial charge is 0.148 e. The summed E-state index contributed by atoms with van der Waals surface area (Å²) in [6, 6.07) is 0. The van der Waals surface area contributed by atoms with E-state index in [1.54, 1.807) is 0 Å². The zero-order chi connectivity index (χ0) is 7.58. The minimum absolute atomic E-state index is 1.17. The minimum Gasteiger partial charge on any atom is -0.368 e. The number of hydrogen-bond donors (Lipinski definition) is 2. The van der Waals surface area contributed by atoms with Crippen LogP contribution in [0.4, 0.5) is 0 Å². The highest BCUT2D eigenvalue weighted by atomic mass is 16.5. The Bertz CT molecular complexity index is 23.0. The lowest BCUT2D eigenvalue weighted by Gasteiger charge is -1.80. The maximum atomic E-state index is 7.61. The minimum atomic E-state index is -1.17. The first-order valence-corrected chi connectivity index (χ1v) is 2.09. The fourth-order valence-corrected chi connectivity index (χ4v) is 0. The van der Waals surface area contributed by atoms with Crippen LogP contribution in [0.1, 0.15) is 6.92 Å². The Kier molecular flexibility index (Phi) is 63.4. The molecule has 50 valence electrons. The average molecular weight is 118 g/mol. The normalized spacial score (nSPS) is 5.50. The molecule has 0 heterocycles. The number of hydrogen-bond acceptors (Lipinski definition) is 2. The standard InChI is InChI=1S/C2H6O2.2C2H4/c1-2(3)4;2*1-2/h2-4H,1H3;2*1-2H2. The molecule has 0 aromatic heterocycles. The second kappa shape index (κ2) is 32.4. The van der Waals surface area contributed by atoms with Crippen molar-refractivity contribution < 1.29 is 10.2 Å². The second-order valence-corrected chi connectivity index (χ2v) is 0.632. The lowest BCUT2D eigenvalue weighted by atomic mass is 10.8. The molecule has 0 fully saturated rings. The SMILES string of the molecule is C=C.C=C.CC(O)O. The molecule has 2 heteroatoms. The Hall–Kier alpha value is -0.600. The predicted molar refractivity (Wildman–Crippen MR) is 36.4 cm³/mol.